The Morgan fingerprint density at radius 2 is 2.00 bits per heavy atom. The maximum Gasteiger partial charge on any atom is 0.321 e. The van der Waals surface area contributed by atoms with E-state index in [9.17, 15) is 13.2 Å². The van der Waals surface area contributed by atoms with E-state index in [1.165, 1.54) is 12.1 Å². The lowest BCUT2D eigenvalue weighted by atomic mass is 10.4. The van der Waals surface area contributed by atoms with Gasteiger partial charge in [-0.05, 0) is 19.1 Å². The molecule has 0 heterocycles. The van der Waals surface area contributed by atoms with Gasteiger partial charge >= 0.3 is 5.97 Å². The number of ether oxygens (including phenoxy) is 1. The highest BCUT2D eigenvalue weighted by Crippen LogP contribution is 2.21. The molecule has 0 aliphatic rings. The second-order valence-corrected chi connectivity index (χ2v) is 5.36. The highest BCUT2D eigenvalue weighted by molar-refractivity contribution is 7.92. The topological polar surface area (TPSA) is 60.4 Å². The summed E-state index contributed by atoms with van der Waals surface area (Å²) in [6, 6.07) is 5.98. The zero-order valence-electron chi connectivity index (χ0n) is 8.64. The van der Waals surface area contributed by atoms with Crippen LogP contribution in [-0.2, 0) is 19.4 Å². The Kier molecular flexibility index (Phi) is 4.32. The van der Waals surface area contributed by atoms with Gasteiger partial charge in [0.15, 0.2) is 15.6 Å². The number of hydrogen-bond donors (Lipinski definition) is 0. The van der Waals surface area contributed by atoms with Crippen LogP contribution in [-0.4, -0.2) is 26.7 Å². The minimum atomic E-state index is -3.72. The number of sulfone groups is 1. The monoisotopic (exact) mass is 262 g/mol. The lowest BCUT2D eigenvalue weighted by Gasteiger charge is -2.05. The van der Waals surface area contributed by atoms with E-state index in [1.807, 2.05) is 0 Å². The maximum absolute atomic E-state index is 11.8. The molecule has 0 saturated carbocycles. The summed E-state index contributed by atoms with van der Waals surface area (Å²) in [4.78, 5) is 11.0. The summed E-state index contributed by atoms with van der Waals surface area (Å²) >= 11 is 5.74. The van der Waals surface area contributed by atoms with E-state index in [-0.39, 0.29) is 16.5 Å². The number of carbonyl (C=O) groups is 1. The Balaban J connectivity index is 2.95. The van der Waals surface area contributed by atoms with E-state index >= 15 is 0 Å². The standard InChI is InChI=1S/C10H11ClO4S/c1-2-15-10(12)7-16(13,14)9-6-4-3-5-8(9)11/h3-6H,2,7H2,1H3. The quantitative estimate of drug-likeness (QED) is 0.775. The Bertz CT molecular complexity index is 481. The Morgan fingerprint density at radius 1 is 1.38 bits per heavy atom. The average molecular weight is 263 g/mol. The van der Waals surface area contributed by atoms with Crippen LogP contribution < -0.4 is 0 Å². The molecule has 0 N–H and O–H groups in total. The van der Waals surface area contributed by atoms with Crippen LogP contribution in [0.4, 0.5) is 0 Å². The molecule has 0 radical (unpaired) electrons. The van der Waals surface area contributed by atoms with Crippen LogP contribution in [0.5, 0.6) is 0 Å². The Morgan fingerprint density at radius 3 is 2.56 bits per heavy atom. The number of carbonyl (C=O) groups excluding carboxylic acids is 1. The van der Waals surface area contributed by atoms with Gasteiger partial charge in [-0.25, -0.2) is 8.42 Å². The highest BCUT2D eigenvalue weighted by Gasteiger charge is 2.22. The summed E-state index contributed by atoms with van der Waals surface area (Å²) in [6.07, 6.45) is 0. The number of benzene rings is 1. The van der Waals surface area contributed by atoms with Gasteiger partial charge in [0, 0.05) is 0 Å². The third-order valence-corrected chi connectivity index (χ3v) is 3.87. The van der Waals surface area contributed by atoms with Crippen molar-refractivity contribution in [3.8, 4) is 0 Å². The van der Waals surface area contributed by atoms with Crippen molar-refractivity contribution in [2.24, 2.45) is 0 Å². The SMILES string of the molecule is CCOC(=O)CS(=O)(=O)c1ccccc1Cl. The summed E-state index contributed by atoms with van der Waals surface area (Å²) in [6.45, 7) is 1.76. The zero-order valence-corrected chi connectivity index (χ0v) is 10.2. The van der Waals surface area contributed by atoms with E-state index in [2.05, 4.69) is 4.74 Å². The molecule has 0 bridgehead atoms. The first-order chi connectivity index (χ1) is 7.47. The molecule has 0 aliphatic heterocycles. The first kappa shape index (κ1) is 13.0. The molecule has 6 heteroatoms. The molecule has 0 saturated heterocycles. The second-order valence-electron chi connectivity index (χ2n) is 2.99. The van der Waals surface area contributed by atoms with Gasteiger partial charge in [0.1, 0.15) is 0 Å². The molecule has 0 fully saturated rings. The molecule has 0 spiro atoms. The van der Waals surface area contributed by atoms with E-state index in [1.54, 1.807) is 19.1 Å². The van der Waals surface area contributed by atoms with E-state index in [4.69, 9.17) is 11.6 Å². The third kappa shape index (κ3) is 3.21. The van der Waals surface area contributed by atoms with Gasteiger partial charge < -0.3 is 4.74 Å². The van der Waals surface area contributed by atoms with Gasteiger partial charge in [-0.1, -0.05) is 23.7 Å². The summed E-state index contributed by atoms with van der Waals surface area (Å²) < 4.78 is 28.1. The fraction of sp³-hybridized carbons (Fsp3) is 0.300. The molecular formula is C10H11ClO4S. The molecule has 88 valence electrons. The highest BCUT2D eigenvalue weighted by atomic mass is 35.5. The Labute approximate surface area is 99.1 Å². The Hall–Kier alpha value is -1.07. The van der Waals surface area contributed by atoms with Crippen LogP contribution in [0.3, 0.4) is 0 Å². The van der Waals surface area contributed by atoms with Gasteiger partial charge in [0.05, 0.1) is 16.5 Å². The van der Waals surface area contributed by atoms with Crippen molar-refractivity contribution in [3.05, 3.63) is 29.3 Å². The van der Waals surface area contributed by atoms with E-state index in [0.717, 1.165) is 0 Å². The minimum absolute atomic E-state index is 0.0512. The van der Waals surface area contributed by atoms with Crippen molar-refractivity contribution < 1.29 is 17.9 Å². The fourth-order valence-corrected chi connectivity index (χ4v) is 2.82. The van der Waals surface area contributed by atoms with Gasteiger partial charge in [-0.2, -0.15) is 0 Å². The summed E-state index contributed by atoms with van der Waals surface area (Å²) in [7, 11) is -3.72. The first-order valence-electron chi connectivity index (χ1n) is 4.60. The largest absolute Gasteiger partial charge is 0.465 e. The van der Waals surface area contributed by atoms with Crippen molar-refractivity contribution in [1.82, 2.24) is 0 Å². The lowest BCUT2D eigenvalue weighted by molar-refractivity contribution is -0.139. The number of rotatable bonds is 4. The summed E-state index contributed by atoms with van der Waals surface area (Å²) in [5.74, 6) is -1.47. The van der Waals surface area contributed by atoms with Gasteiger partial charge in [-0.15, -0.1) is 0 Å². The van der Waals surface area contributed by atoms with Gasteiger partial charge in [-0.3, -0.25) is 4.79 Å². The normalized spacial score (nSPS) is 11.1. The van der Waals surface area contributed by atoms with Crippen LogP contribution in [0.25, 0.3) is 0 Å². The predicted molar refractivity (Wildman–Crippen MR) is 60.1 cm³/mol. The van der Waals surface area contributed by atoms with Crippen LogP contribution in [0.2, 0.25) is 5.02 Å². The van der Waals surface area contributed by atoms with Crippen molar-refractivity contribution in [1.29, 1.82) is 0 Å². The molecule has 4 nitrogen and oxygen atoms in total. The van der Waals surface area contributed by atoms with Crippen LogP contribution >= 0.6 is 11.6 Å². The fourth-order valence-electron chi connectivity index (χ4n) is 1.13. The van der Waals surface area contributed by atoms with E-state index < -0.39 is 21.6 Å². The van der Waals surface area contributed by atoms with Crippen LogP contribution in [0.1, 0.15) is 6.92 Å². The molecule has 16 heavy (non-hydrogen) atoms. The molecule has 0 unspecified atom stereocenters. The minimum Gasteiger partial charge on any atom is -0.465 e. The van der Waals surface area contributed by atoms with Crippen molar-refractivity contribution >= 4 is 27.4 Å². The van der Waals surface area contributed by atoms with E-state index in [0.29, 0.717) is 0 Å². The zero-order chi connectivity index (χ0) is 12.2. The van der Waals surface area contributed by atoms with Crippen LogP contribution in [0, 0.1) is 0 Å². The summed E-state index contributed by atoms with van der Waals surface area (Å²) in [5, 5.41) is 0.104. The molecule has 0 atom stereocenters. The van der Waals surface area contributed by atoms with Crippen LogP contribution in [0.15, 0.2) is 29.2 Å². The molecule has 0 aromatic heterocycles. The van der Waals surface area contributed by atoms with Crippen molar-refractivity contribution in [2.45, 2.75) is 11.8 Å². The predicted octanol–water partition coefficient (Wildman–Crippen LogP) is 1.68. The molecule has 0 amide bonds. The average Bonchev–Trinajstić information content (AvgIpc) is 2.17. The third-order valence-electron chi connectivity index (χ3n) is 1.78. The molecule has 0 aliphatic carbocycles. The van der Waals surface area contributed by atoms with Gasteiger partial charge in [0.25, 0.3) is 0 Å². The van der Waals surface area contributed by atoms with Gasteiger partial charge in [0.2, 0.25) is 0 Å². The number of esters is 1. The molecule has 1 aromatic rings. The molecule has 1 aromatic carbocycles. The maximum atomic E-state index is 11.8. The summed E-state index contributed by atoms with van der Waals surface area (Å²) in [5.41, 5.74) is 0. The van der Waals surface area contributed by atoms with Crippen molar-refractivity contribution in [2.75, 3.05) is 12.4 Å². The second kappa shape index (κ2) is 5.32. The number of halogens is 1. The van der Waals surface area contributed by atoms with Crippen molar-refractivity contribution in [3.63, 3.8) is 0 Å². The smallest absolute Gasteiger partial charge is 0.321 e. The lowest BCUT2D eigenvalue weighted by Crippen LogP contribution is -2.18. The molecule has 1 rings (SSSR count). The first-order valence-corrected chi connectivity index (χ1v) is 6.63. The number of hydrogen-bond acceptors (Lipinski definition) is 4. The molecular weight excluding hydrogens is 252 g/mol.